The van der Waals surface area contributed by atoms with Crippen molar-refractivity contribution in [2.24, 2.45) is 5.92 Å². The van der Waals surface area contributed by atoms with Crippen molar-refractivity contribution in [3.63, 3.8) is 0 Å². The van der Waals surface area contributed by atoms with Crippen LogP contribution in [0.5, 0.6) is 0 Å². The molecule has 0 heterocycles. The van der Waals surface area contributed by atoms with Crippen molar-refractivity contribution in [3.05, 3.63) is 29.6 Å². The minimum Gasteiger partial charge on any atom is -0.481 e. The highest BCUT2D eigenvalue weighted by molar-refractivity contribution is 5.90. The smallest absolute Gasteiger partial charge is 0.319 e. The highest BCUT2D eigenvalue weighted by atomic mass is 19.1. The highest BCUT2D eigenvalue weighted by Gasteiger charge is 2.10. The van der Waals surface area contributed by atoms with Gasteiger partial charge in [0.25, 0.3) is 0 Å². The molecule has 1 rings (SSSR count). The van der Waals surface area contributed by atoms with Gasteiger partial charge in [0.2, 0.25) is 0 Å². The zero-order valence-corrected chi connectivity index (χ0v) is 11.6. The van der Waals surface area contributed by atoms with E-state index in [0.717, 1.165) is 0 Å². The molecule has 1 aromatic rings. The molecule has 1 aromatic carbocycles. The average molecular weight is 282 g/mol. The lowest BCUT2D eigenvalue weighted by Gasteiger charge is -2.11. The molecule has 5 nitrogen and oxygen atoms in total. The van der Waals surface area contributed by atoms with Gasteiger partial charge in [0.05, 0.1) is 5.92 Å². The molecule has 3 N–H and O–H groups in total. The Morgan fingerprint density at radius 1 is 1.40 bits per heavy atom. The summed E-state index contributed by atoms with van der Waals surface area (Å²) < 4.78 is 13.3. The van der Waals surface area contributed by atoms with Gasteiger partial charge in [0.15, 0.2) is 0 Å². The molecule has 1 atom stereocenters. The van der Waals surface area contributed by atoms with Crippen LogP contribution in [0.3, 0.4) is 0 Å². The second-order valence-corrected chi connectivity index (χ2v) is 4.67. The lowest BCUT2D eigenvalue weighted by molar-refractivity contribution is -0.141. The number of hydrogen-bond acceptors (Lipinski definition) is 2. The molecule has 0 aliphatic rings. The van der Waals surface area contributed by atoms with Crippen molar-refractivity contribution in [3.8, 4) is 0 Å². The number of amides is 2. The molecule has 0 radical (unpaired) electrons. The molecule has 1 unspecified atom stereocenters. The van der Waals surface area contributed by atoms with Crippen LogP contribution in [0.25, 0.3) is 0 Å². The SMILES string of the molecule is Cc1c(F)cccc1NC(=O)NCCCC(C)C(=O)O. The maximum Gasteiger partial charge on any atom is 0.319 e. The third-order valence-electron chi connectivity index (χ3n) is 3.04. The topological polar surface area (TPSA) is 78.4 Å². The maximum absolute atomic E-state index is 13.3. The van der Waals surface area contributed by atoms with Crippen molar-refractivity contribution in [1.29, 1.82) is 0 Å². The van der Waals surface area contributed by atoms with Gasteiger partial charge in [-0.1, -0.05) is 13.0 Å². The summed E-state index contributed by atoms with van der Waals surface area (Å²) in [4.78, 5) is 22.2. The van der Waals surface area contributed by atoms with Gasteiger partial charge in [-0.05, 0) is 31.9 Å². The average Bonchev–Trinajstić information content (AvgIpc) is 2.39. The number of carboxylic acids is 1. The minimum atomic E-state index is -0.843. The lowest BCUT2D eigenvalue weighted by Crippen LogP contribution is -2.30. The molecule has 0 bridgehead atoms. The summed E-state index contributed by atoms with van der Waals surface area (Å²) >= 11 is 0. The number of carboxylic acid groups (broad SMARTS) is 1. The Bertz CT molecular complexity index is 491. The Labute approximate surface area is 117 Å². The van der Waals surface area contributed by atoms with Gasteiger partial charge in [-0.25, -0.2) is 9.18 Å². The molecule has 6 heteroatoms. The van der Waals surface area contributed by atoms with E-state index in [4.69, 9.17) is 5.11 Å². The second-order valence-electron chi connectivity index (χ2n) is 4.67. The van der Waals surface area contributed by atoms with E-state index in [9.17, 15) is 14.0 Å². The number of nitrogens with one attached hydrogen (secondary N) is 2. The van der Waals surface area contributed by atoms with Crippen LogP contribution in [0.1, 0.15) is 25.3 Å². The molecule has 0 aliphatic heterocycles. The summed E-state index contributed by atoms with van der Waals surface area (Å²) in [6.07, 6.45) is 1.07. The summed E-state index contributed by atoms with van der Waals surface area (Å²) in [6.45, 7) is 3.58. The van der Waals surface area contributed by atoms with E-state index in [1.807, 2.05) is 0 Å². The van der Waals surface area contributed by atoms with Crippen molar-refractivity contribution < 1.29 is 19.1 Å². The van der Waals surface area contributed by atoms with Gasteiger partial charge >= 0.3 is 12.0 Å². The van der Waals surface area contributed by atoms with Crippen LogP contribution >= 0.6 is 0 Å². The Morgan fingerprint density at radius 2 is 2.10 bits per heavy atom. The van der Waals surface area contributed by atoms with Crippen molar-refractivity contribution >= 4 is 17.7 Å². The lowest BCUT2D eigenvalue weighted by atomic mass is 10.1. The Hall–Kier alpha value is -2.11. The van der Waals surface area contributed by atoms with E-state index in [-0.39, 0.29) is 5.82 Å². The molecule has 110 valence electrons. The molecule has 0 spiro atoms. The van der Waals surface area contributed by atoms with Gasteiger partial charge in [-0.3, -0.25) is 4.79 Å². The standard InChI is InChI=1S/C14H19FN2O3/c1-9(13(18)19)5-4-8-16-14(20)17-12-7-3-6-11(15)10(12)2/h3,6-7,9H,4-5,8H2,1-2H3,(H,18,19)(H2,16,17,20). The quantitative estimate of drug-likeness (QED) is 0.702. The van der Waals surface area contributed by atoms with Gasteiger partial charge in [0, 0.05) is 17.8 Å². The van der Waals surface area contributed by atoms with Gasteiger partial charge in [-0.2, -0.15) is 0 Å². The van der Waals surface area contributed by atoms with Crippen LogP contribution in [0.2, 0.25) is 0 Å². The third-order valence-corrected chi connectivity index (χ3v) is 3.04. The molecule has 0 fully saturated rings. The second kappa shape index (κ2) is 7.47. The summed E-state index contributed by atoms with van der Waals surface area (Å²) in [6, 6.07) is 4.03. The highest BCUT2D eigenvalue weighted by Crippen LogP contribution is 2.17. The summed E-state index contributed by atoms with van der Waals surface area (Å²) in [7, 11) is 0. The Morgan fingerprint density at radius 3 is 2.75 bits per heavy atom. The monoisotopic (exact) mass is 282 g/mol. The predicted molar refractivity (Wildman–Crippen MR) is 74.2 cm³/mol. The van der Waals surface area contributed by atoms with E-state index >= 15 is 0 Å². The molecule has 0 aliphatic carbocycles. The molecule has 0 aromatic heterocycles. The summed E-state index contributed by atoms with van der Waals surface area (Å²) in [5.74, 6) is -1.65. The first-order chi connectivity index (χ1) is 9.41. The minimum absolute atomic E-state index is 0.373. The van der Waals surface area contributed by atoms with Gasteiger partial charge < -0.3 is 15.7 Å². The molecule has 20 heavy (non-hydrogen) atoms. The van der Waals surface area contributed by atoms with Crippen LogP contribution in [0, 0.1) is 18.7 Å². The maximum atomic E-state index is 13.3. The summed E-state index contributed by atoms with van der Waals surface area (Å²) in [5.41, 5.74) is 0.795. The molecule has 0 saturated heterocycles. The van der Waals surface area contributed by atoms with Crippen molar-refractivity contribution in [1.82, 2.24) is 5.32 Å². The van der Waals surface area contributed by atoms with Gasteiger partial charge in [-0.15, -0.1) is 0 Å². The molecule has 2 amide bonds. The Balaban J connectivity index is 2.34. The van der Waals surface area contributed by atoms with E-state index in [2.05, 4.69) is 10.6 Å². The van der Waals surface area contributed by atoms with Crippen molar-refractivity contribution in [2.75, 3.05) is 11.9 Å². The van der Waals surface area contributed by atoms with E-state index in [0.29, 0.717) is 30.6 Å². The number of carbonyl (C=O) groups excluding carboxylic acids is 1. The number of aliphatic carboxylic acids is 1. The number of halogens is 1. The van der Waals surface area contributed by atoms with Crippen LogP contribution < -0.4 is 10.6 Å². The zero-order chi connectivity index (χ0) is 15.1. The molecular weight excluding hydrogens is 263 g/mol. The first-order valence-electron chi connectivity index (χ1n) is 6.44. The fraction of sp³-hybridized carbons (Fsp3) is 0.429. The van der Waals surface area contributed by atoms with Gasteiger partial charge in [0.1, 0.15) is 5.82 Å². The number of urea groups is 1. The van der Waals surface area contributed by atoms with Crippen LogP contribution in [-0.2, 0) is 4.79 Å². The number of carbonyl (C=O) groups is 2. The van der Waals surface area contributed by atoms with Crippen molar-refractivity contribution in [2.45, 2.75) is 26.7 Å². The first kappa shape index (κ1) is 15.9. The number of hydrogen-bond donors (Lipinski definition) is 3. The normalized spacial score (nSPS) is 11.8. The number of rotatable bonds is 6. The predicted octanol–water partition coefficient (Wildman–Crippen LogP) is 2.76. The fourth-order valence-electron chi connectivity index (χ4n) is 1.64. The van der Waals surface area contributed by atoms with Crippen LogP contribution in [0.15, 0.2) is 18.2 Å². The Kier molecular flexibility index (Phi) is 5.96. The molecule has 0 saturated carbocycles. The number of anilines is 1. The first-order valence-corrected chi connectivity index (χ1v) is 6.44. The number of benzene rings is 1. The largest absolute Gasteiger partial charge is 0.481 e. The van der Waals surface area contributed by atoms with Crippen LogP contribution in [-0.4, -0.2) is 23.7 Å². The van der Waals surface area contributed by atoms with E-state index in [1.54, 1.807) is 19.9 Å². The third kappa shape index (κ3) is 4.87. The van der Waals surface area contributed by atoms with Crippen LogP contribution in [0.4, 0.5) is 14.9 Å². The zero-order valence-electron chi connectivity index (χ0n) is 11.6. The van der Waals surface area contributed by atoms with E-state index < -0.39 is 17.9 Å². The summed E-state index contributed by atoms with van der Waals surface area (Å²) in [5, 5.41) is 13.9. The molecular formula is C14H19FN2O3. The fourth-order valence-corrected chi connectivity index (χ4v) is 1.64. The van der Waals surface area contributed by atoms with E-state index in [1.165, 1.54) is 12.1 Å².